The van der Waals surface area contributed by atoms with Crippen molar-refractivity contribution in [2.45, 2.75) is 34.3 Å². The molecule has 0 aliphatic rings. The Hall–Kier alpha value is -2.40. The lowest BCUT2D eigenvalue weighted by Gasteiger charge is -2.09. The van der Waals surface area contributed by atoms with Crippen LogP contribution in [0, 0.1) is 27.7 Å². The molecule has 0 bridgehead atoms. The number of ether oxygens (including phenoxy) is 1. The van der Waals surface area contributed by atoms with Crippen LogP contribution in [0.3, 0.4) is 0 Å². The summed E-state index contributed by atoms with van der Waals surface area (Å²) in [7, 11) is 0. The lowest BCUT2D eigenvalue weighted by molar-refractivity contribution is 0.0473. The maximum atomic E-state index is 12.3. The van der Waals surface area contributed by atoms with E-state index in [1.54, 1.807) is 11.3 Å². The van der Waals surface area contributed by atoms with Crippen molar-refractivity contribution < 1.29 is 13.9 Å². The molecule has 2 heterocycles. The molecule has 0 N–H and O–H groups in total. The molecule has 0 unspecified atom stereocenters. The van der Waals surface area contributed by atoms with Crippen molar-refractivity contribution >= 4 is 28.3 Å². The van der Waals surface area contributed by atoms with Crippen molar-refractivity contribution in [3.8, 4) is 0 Å². The van der Waals surface area contributed by atoms with E-state index in [4.69, 9.17) is 9.15 Å². The Morgan fingerprint density at radius 3 is 2.46 bits per heavy atom. The molecule has 0 aliphatic heterocycles. The normalized spacial score (nSPS) is 11.0. The van der Waals surface area contributed by atoms with E-state index in [2.05, 4.69) is 0 Å². The highest BCUT2D eigenvalue weighted by atomic mass is 32.1. The van der Waals surface area contributed by atoms with Crippen LogP contribution in [0.15, 0.2) is 33.5 Å². The minimum atomic E-state index is -0.445. The molecular weight excluding hydrogens is 324 g/mol. The van der Waals surface area contributed by atoms with Crippen LogP contribution in [0.4, 0.5) is 0 Å². The van der Waals surface area contributed by atoms with Crippen LogP contribution in [-0.2, 0) is 11.3 Å². The van der Waals surface area contributed by atoms with Crippen molar-refractivity contribution in [3.05, 3.63) is 66.7 Å². The van der Waals surface area contributed by atoms with Crippen LogP contribution < -0.4 is 5.63 Å². The van der Waals surface area contributed by atoms with Gasteiger partial charge in [0, 0.05) is 26.8 Å². The van der Waals surface area contributed by atoms with Gasteiger partial charge in [0.05, 0.1) is 5.56 Å². The Bertz CT molecular complexity index is 995. The quantitative estimate of drug-likeness (QED) is 0.521. The molecule has 0 amide bonds. The van der Waals surface area contributed by atoms with E-state index in [9.17, 15) is 9.59 Å². The second-order valence-electron chi connectivity index (χ2n) is 5.93. The monoisotopic (exact) mass is 342 g/mol. The molecule has 0 atom stereocenters. The predicted octanol–water partition coefficient (Wildman–Crippen LogP) is 4.45. The first kappa shape index (κ1) is 16.5. The van der Waals surface area contributed by atoms with Crippen molar-refractivity contribution in [2.24, 2.45) is 0 Å². The van der Waals surface area contributed by atoms with E-state index >= 15 is 0 Å². The standard InChI is InChI=1S/C19H18O4S/c1-10-5-16-14(8-18(20)23-17(16)6-11(10)2)9-22-19(21)15-7-12(3)24-13(15)4/h5-8H,9H2,1-4H3. The summed E-state index contributed by atoms with van der Waals surface area (Å²) >= 11 is 1.56. The van der Waals surface area contributed by atoms with Crippen LogP contribution in [-0.4, -0.2) is 5.97 Å². The summed E-state index contributed by atoms with van der Waals surface area (Å²) in [5.74, 6) is -0.373. The van der Waals surface area contributed by atoms with Crippen LogP contribution in [0.1, 0.15) is 36.8 Å². The molecule has 0 saturated heterocycles. The summed E-state index contributed by atoms with van der Waals surface area (Å²) < 4.78 is 10.7. The lowest BCUT2D eigenvalue weighted by atomic mass is 10.0. The Labute approximate surface area is 143 Å². The molecule has 24 heavy (non-hydrogen) atoms. The fraction of sp³-hybridized carbons (Fsp3) is 0.263. The summed E-state index contributed by atoms with van der Waals surface area (Å²) in [6.45, 7) is 7.84. The molecule has 3 aromatic rings. The van der Waals surface area contributed by atoms with Crippen LogP contribution in [0.5, 0.6) is 0 Å². The number of thiophene rings is 1. The van der Waals surface area contributed by atoms with Gasteiger partial charge in [-0.2, -0.15) is 0 Å². The molecule has 124 valence electrons. The number of hydrogen-bond acceptors (Lipinski definition) is 5. The third-order valence-corrected chi connectivity index (χ3v) is 5.03. The molecule has 0 fully saturated rings. The number of rotatable bonds is 3. The van der Waals surface area contributed by atoms with Gasteiger partial charge < -0.3 is 9.15 Å². The molecule has 0 spiro atoms. The number of hydrogen-bond donors (Lipinski definition) is 0. The van der Waals surface area contributed by atoms with Crippen LogP contribution >= 0.6 is 11.3 Å². The van der Waals surface area contributed by atoms with E-state index in [0.29, 0.717) is 16.7 Å². The largest absolute Gasteiger partial charge is 0.457 e. The number of aryl methyl sites for hydroxylation is 4. The zero-order valence-corrected chi connectivity index (χ0v) is 14.9. The summed E-state index contributed by atoms with van der Waals surface area (Å²) in [5, 5.41) is 0.795. The summed E-state index contributed by atoms with van der Waals surface area (Å²) in [5.41, 5.74) is 3.44. The maximum Gasteiger partial charge on any atom is 0.339 e. The van der Waals surface area contributed by atoms with Gasteiger partial charge in [-0.3, -0.25) is 0 Å². The molecule has 0 saturated carbocycles. The summed E-state index contributed by atoms with van der Waals surface area (Å²) in [4.78, 5) is 26.0. The first-order valence-corrected chi connectivity index (χ1v) is 8.45. The summed E-state index contributed by atoms with van der Waals surface area (Å²) in [6, 6.07) is 7.00. The topological polar surface area (TPSA) is 56.5 Å². The smallest absolute Gasteiger partial charge is 0.339 e. The molecule has 0 radical (unpaired) electrons. The van der Waals surface area contributed by atoms with Gasteiger partial charge in [-0.25, -0.2) is 9.59 Å². The maximum absolute atomic E-state index is 12.3. The minimum Gasteiger partial charge on any atom is -0.457 e. The zero-order chi connectivity index (χ0) is 17.4. The Morgan fingerprint density at radius 2 is 1.79 bits per heavy atom. The number of fused-ring (bicyclic) bond motifs is 1. The van der Waals surface area contributed by atoms with Gasteiger partial charge in [-0.1, -0.05) is 0 Å². The third kappa shape index (κ3) is 3.12. The zero-order valence-electron chi connectivity index (χ0n) is 14.1. The molecule has 1 aromatic carbocycles. The van der Waals surface area contributed by atoms with Crippen molar-refractivity contribution in [2.75, 3.05) is 0 Å². The first-order chi connectivity index (χ1) is 11.3. The second-order valence-corrected chi connectivity index (χ2v) is 7.39. The van der Waals surface area contributed by atoms with Crippen molar-refractivity contribution in [1.82, 2.24) is 0 Å². The highest BCUT2D eigenvalue weighted by Gasteiger charge is 2.15. The molecule has 5 heteroatoms. The Balaban J connectivity index is 1.92. The van der Waals surface area contributed by atoms with Gasteiger partial charge in [0.15, 0.2) is 0 Å². The number of carbonyl (C=O) groups excluding carboxylic acids is 1. The minimum absolute atomic E-state index is 0.0395. The Kier molecular flexibility index (Phi) is 4.28. The lowest BCUT2D eigenvalue weighted by Crippen LogP contribution is -2.08. The van der Waals surface area contributed by atoms with E-state index in [-0.39, 0.29) is 12.6 Å². The molecular formula is C19H18O4S. The summed E-state index contributed by atoms with van der Waals surface area (Å²) in [6.07, 6.45) is 0. The van der Waals surface area contributed by atoms with E-state index in [1.165, 1.54) is 6.07 Å². The number of esters is 1. The van der Waals surface area contributed by atoms with Gasteiger partial charge in [0.2, 0.25) is 0 Å². The van der Waals surface area contributed by atoms with E-state index in [0.717, 1.165) is 26.3 Å². The highest BCUT2D eigenvalue weighted by molar-refractivity contribution is 7.12. The molecule has 0 aliphatic carbocycles. The van der Waals surface area contributed by atoms with E-state index in [1.807, 2.05) is 45.9 Å². The fourth-order valence-electron chi connectivity index (χ4n) is 2.66. The van der Waals surface area contributed by atoms with Crippen molar-refractivity contribution in [3.63, 3.8) is 0 Å². The van der Waals surface area contributed by atoms with Gasteiger partial charge in [-0.05, 0) is 57.0 Å². The van der Waals surface area contributed by atoms with Gasteiger partial charge in [-0.15, -0.1) is 11.3 Å². The average Bonchev–Trinajstić information content (AvgIpc) is 2.85. The first-order valence-electron chi connectivity index (χ1n) is 7.63. The number of benzene rings is 1. The van der Waals surface area contributed by atoms with Gasteiger partial charge in [0.25, 0.3) is 0 Å². The van der Waals surface area contributed by atoms with Crippen LogP contribution in [0.2, 0.25) is 0 Å². The van der Waals surface area contributed by atoms with Gasteiger partial charge in [0.1, 0.15) is 12.2 Å². The molecule has 3 rings (SSSR count). The van der Waals surface area contributed by atoms with Crippen molar-refractivity contribution in [1.29, 1.82) is 0 Å². The van der Waals surface area contributed by atoms with E-state index < -0.39 is 5.63 Å². The predicted molar refractivity (Wildman–Crippen MR) is 94.9 cm³/mol. The highest BCUT2D eigenvalue weighted by Crippen LogP contribution is 2.24. The second kappa shape index (κ2) is 6.24. The molecule has 2 aromatic heterocycles. The molecule has 4 nitrogen and oxygen atoms in total. The van der Waals surface area contributed by atoms with Crippen LogP contribution in [0.25, 0.3) is 11.0 Å². The SMILES string of the molecule is Cc1cc(C(=O)OCc2cc(=O)oc3cc(C)c(C)cc23)c(C)s1. The van der Waals surface area contributed by atoms with Gasteiger partial charge >= 0.3 is 11.6 Å². The Morgan fingerprint density at radius 1 is 1.08 bits per heavy atom. The number of carbonyl (C=O) groups is 1. The third-order valence-electron chi connectivity index (χ3n) is 4.06. The average molecular weight is 342 g/mol. The fourth-order valence-corrected chi connectivity index (χ4v) is 3.57.